The molecule has 0 radical (unpaired) electrons. The molecule has 0 spiro atoms. The molecule has 0 aliphatic rings. The average Bonchev–Trinajstić information content (AvgIpc) is 2.38. The van der Waals surface area contributed by atoms with Crippen LogP contribution in [0.5, 0.6) is 0 Å². The Morgan fingerprint density at radius 1 is 1.39 bits per heavy atom. The Kier molecular flexibility index (Phi) is 3.47. The molecular weight excluding hydrogens is 251 g/mol. The van der Waals surface area contributed by atoms with Crippen molar-refractivity contribution in [1.29, 1.82) is 0 Å². The average molecular weight is 262 g/mol. The van der Waals surface area contributed by atoms with E-state index in [2.05, 4.69) is 10.2 Å². The van der Waals surface area contributed by atoms with Gasteiger partial charge in [0.05, 0.1) is 11.8 Å². The summed E-state index contributed by atoms with van der Waals surface area (Å²) in [5.41, 5.74) is 6.87. The van der Waals surface area contributed by atoms with Crippen molar-refractivity contribution in [2.24, 2.45) is 5.73 Å². The zero-order valence-corrected chi connectivity index (χ0v) is 10.5. The Labute approximate surface area is 109 Å². The fraction of sp³-hybridized carbons (Fsp3) is 0.0833. The zero-order chi connectivity index (χ0) is 13.1. The van der Waals surface area contributed by atoms with Crippen LogP contribution in [0.15, 0.2) is 36.5 Å². The molecule has 4 nitrogen and oxygen atoms in total. The van der Waals surface area contributed by atoms with Crippen molar-refractivity contribution >= 4 is 28.7 Å². The van der Waals surface area contributed by atoms with Crippen molar-refractivity contribution in [3.05, 3.63) is 47.9 Å². The maximum atomic E-state index is 13.2. The second-order valence-corrected chi connectivity index (χ2v) is 4.11. The second-order valence-electron chi connectivity index (χ2n) is 3.67. The molecule has 1 heterocycles. The van der Waals surface area contributed by atoms with Gasteiger partial charge < -0.3 is 10.6 Å². The van der Waals surface area contributed by atoms with Crippen LogP contribution >= 0.6 is 12.2 Å². The molecule has 0 amide bonds. The first-order valence-corrected chi connectivity index (χ1v) is 5.61. The summed E-state index contributed by atoms with van der Waals surface area (Å²) >= 11 is 4.95. The molecule has 0 saturated carbocycles. The monoisotopic (exact) mass is 262 g/mol. The molecule has 0 unspecified atom stereocenters. The minimum absolute atomic E-state index is 0.225. The smallest absolute Gasteiger partial charge is 0.165 e. The molecule has 2 rings (SSSR count). The van der Waals surface area contributed by atoms with Gasteiger partial charge in [0, 0.05) is 12.7 Å². The summed E-state index contributed by atoms with van der Waals surface area (Å²) in [5, 5.41) is 7.79. The van der Waals surface area contributed by atoms with E-state index in [4.69, 9.17) is 18.0 Å². The summed E-state index contributed by atoms with van der Waals surface area (Å²) in [5.74, 6) is 0.177. The third kappa shape index (κ3) is 2.43. The number of halogens is 1. The molecule has 2 aromatic rings. The number of aromatic nitrogens is 2. The topological polar surface area (TPSA) is 55.0 Å². The first-order valence-electron chi connectivity index (χ1n) is 5.20. The summed E-state index contributed by atoms with van der Waals surface area (Å²) in [7, 11) is 1.75. The fourth-order valence-electron chi connectivity index (χ4n) is 1.57. The van der Waals surface area contributed by atoms with Crippen LogP contribution in [0.1, 0.15) is 5.56 Å². The van der Waals surface area contributed by atoms with Gasteiger partial charge in [0.25, 0.3) is 0 Å². The molecule has 92 valence electrons. The van der Waals surface area contributed by atoms with Gasteiger partial charge in [-0.1, -0.05) is 18.3 Å². The number of benzene rings is 1. The maximum absolute atomic E-state index is 13.2. The second kappa shape index (κ2) is 5.05. The van der Waals surface area contributed by atoms with Gasteiger partial charge in [-0.15, -0.1) is 5.10 Å². The van der Waals surface area contributed by atoms with Crippen LogP contribution in [0.2, 0.25) is 0 Å². The van der Waals surface area contributed by atoms with Crippen LogP contribution in [0.3, 0.4) is 0 Å². The summed E-state index contributed by atoms with van der Waals surface area (Å²) in [6, 6.07) is 7.85. The minimum atomic E-state index is -0.319. The van der Waals surface area contributed by atoms with Crippen LogP contribution in [-0.4, -0.2) is 22.2 Å². The lowest BCUT2D eigenvalue weighted by atomic mass is 10.2. The lowest BCUT2D eigenvalue weighted by molar-refractivity contribution is 0.628. The highest BCUT2D eigenvalue weighted by Gasteiger charge is 2.13. The van der Waals surface area contributed by atoms with Gasteiger partial charge in [-0.2, -0.15) is 5.10 Å². The lowest BCUT2D eigenvalue weighted by Crippen LogP contribution is -2.19. The number of hydrogen-bond donors (Lipinski definition) is 1. The van der Waals surface area contributed by atoms with Gasteiger partial charge in [-0.3, -0.25) is 0 Å². The molecule has 0 fully saturated rings. The highest BCUT2D eigenvalue weighted by molar-refractivity contribution is 7.80. The predicted octanol–water partition coefficient (Wildman–Crippen LogP) is 2.02. The van der Waals surface area contributed by atoms with Gasteiger partial charge in [0.1, 0.15) is 10.8 Å². The van der Waals surface area contributed by atoms with Crippen LogP contribution in [0, 0.1) is 5.82 Å². The molecule has 2 N–H and O–H groups in total. The largest absolute Gasteiger partial charge is 0.389 e. The number of anilines is 2. The molecular formula is C12H11FN4S. The molecule has 0 bridgehead atoms. The Morgan fingerprint density at radius 2 is 2.17 bits per heavy atom. The molecule has 0 aliphatic heterocycles. The highest BCUT2D eigenvalue weighted by Crippen LogP contribution is 2.24. The van der Waals surface area contributed by atoms with E-state index < -0.39 is 0 Å². The van der Waals surface area contributed by atoms with Gasteiger partial charge in [0.15, 0.2) is 5.82 Å². The molecule has 1 aromatic carbocycles. The SMILES string of the molecule is CN(c1cccc(F)c1)c1nnccc1C(N)=S. The van der Waals surface area contributed by atoms with E-state index in [0.717, 1.165) is 0 Å². The maximum Gasteiger partial charge on any atom is 0.165 e. The minimum Gasteiger partial charge on any atom is -0.389 e. The van der Waals surface area contributed by atoms with Crippen molar-refractivity contribution in [1.82, 2.24) is 10.2 Å². The van der Waals surface area contributed by atoms with Gasteiger partial charge in [-0.05, 0) is 24.3 Å². The van der Waals surface area contributed by atoms with Crippen LogP contribution in [-0.2, 0) is 0 Å². The Bertz CT molecular complexity index is 588. The molecule has 18 heavy (non-hydrogen) atoms. The normalized spacial score (nSPS) is 10.1. The highest BCUT2D eigenvalue weighted by atomic mass is 32.1. The van der Waals surface area contributed by atoms with Crippen molar-refractivity contribution in [3.63, 3.8) is 0 Å². The van der Waals surface area contributed by atoms with E-state index >= 15 is 0 Å². The van der Waals surface area contributed by atoms with E-state index in [-0.39, 0.29) is 10.8 Å². The Morgan fingerprint density at radius 3 is 2.83 bits per heavy atom. The Hall–Kier alpha value is -2.08. The molecule has 0 aliphatic carbocycles. The van der Waals surface area contributed by atoms with Crippen molar-refractivity contribution in [2.45, 2.75) is 0 Å². The fourth-order valence-corrected chi connectivity index (χ4v) is 1.73. The van der Waals surface area contributed by atoms with Crippen molar-refractivity contribution in [3.8, 4) is 0 Å². The summed E-state index contributed by atoms with van der Waals surface area (Å²) in [4.78, 5) is 1.91. The molecule has 0 saturated heterocycles. The predicted molar refractivity (Wildman–Crippen MR) is 72.4 cm³/mol. The van der Waals surface area contributed by atoms with E-state index in [1.54, 1.807) is 30.1 Å². The number of rotatable bonds is 3. The standard InChI is InChI=1S/C12H11FN4S/c1-17(9-4-2-3-8(13)7-9)12-10(11(14)18)5-6-15-16-12/h2-7H,1H3,(H2,14,18). The van der Waals surface area contributed by atoms with E-state index in [1.165, 1.54) is 18.3 Å². The molecule has 1 aromatic heterocycles. The van der Waals surface area contributed by atoms with E-state index in [9.17, 15) is 4.39 Å². The summed E-state index contributed by atoms with van der Waals surface area (Å²) in [6.45, 7) is 0. The molecule has 6 heteroatoms. The van der Waals surface area contributed by atoms with E-state index in [0.29, 0.717) is 17.1 Å². The van der Waals surface area contributed by atoms with Crippen LogP contribution in [0.25, 0.3) is 0 Å². The third-order valence-corrected chi connectivity index (χ3v) is 2.70. The lowest BCUT2D eigenvalue weighted by Gasteiger charge is -2.20. The number of nitrogens with two attached hydrogens (primary N) is 1. The number of nitrogens with zero attached hydrogens (tertiary/aromatic N) is 3. The van der Waals surface area contributed by atoms with Crippen molar-refractivity contribution in [2.75, 3.05) is 11.9 Å². The Balaban J connectivity index is 2.46. The summed E-state index contributed by atoms with van der Waals surface area (Å²) < 4.78 is 13.2. The van der Waals surface area contributed by atoms with Crippen LogP contribution < -0.4 is 10.6 Å². The van der Waals surface area contributed by atoms with Crippen LogP contribution in [0.4, 0.5) is 15.9 Å². The third-order valence-electron chi connectivity index (χ3n) is 2.48. The van der Waals surface area contributed by atoms with Gasteiger partial charge in [0.2, 0.25) is 0 Å². The van der Waals surface area contributed by atoms with E-state index in [1.807, 2.05) is 0 Å². The number of thiocarbonyl (C=S) groups is 1. The first kappa shape index (κ1) is 12.4. The van der Waals surface area contributed by atoms with Gasteiger partial charge in [-0.25, -0.2) is 4.39 Å². The summed E-state index contributed by atoms with van der Waals surface area (Å²) in [6.07, 6.45) is 1.51. The molecule has 0 atom stereocenters. The van der Waals surface area contributed by atoms with Crippen molar-refractivity contribution < 1.29 is 4.39 Å². The quantitative estimate of drug-likeness (QED) is 0.858. The van der Waals surface area contributed by atoms with Gasteiger partial charge >= 0.3 is 0 Å². The zero-order valence-electron chi connectivity index (χ0n) is 9.67. The number of hydrogen-bond acceptors (Lipinski definition) is 4. The first-order chi connectivity index (χ1) is 8.59.